The van der Waals surface area contributed by atoms with Crippen molar-refractivity contribution in [3.05, 3.63) is 59.5 Å². The summed E-state index contributed by atoms with van der Waals surface area (Å²) in [5.74, 6) is 0.865. The molecule has 22 heavy (non-hydrogen) atoms. The van der Waals surface area contributed by atoms with Gasteiger partial charge in [-0.05, 0) is 55.4 Å². The average molecular weight is 298 g/mol. The van der Waals surface area contributed by atoms with Crippen LogP contribution in [0.1, 0.15) is 30.1 Å². The maximum atomic E-state index is 6.08. The first kappa shape index (κ1) is 13.9. The van der Waals surface area contributed by atoms with E-state index in [4.69, 9.17) is 9.47 Å². The van der Waals surface area contributed by atoms with Gasteiger partial charge in [0.25, 0.3) is 0 Å². The minimum absolute atomic E-state index is 0.0120. The molecule has 0 bridgehead atoms. The first-order valence-electron chi connectivity index (χ1n) is 8.11. The number of nitrogens with zero attached hydrogens (tertiary/aromatic N) is 1. The zero-order valence-corrected chi connectivity index (χ0v) is 12.7. The van der Waals surface area contributed by atoms with E-state index in [-0.39, 0.29) is 12.3 Å². The predicted molar refractivity (Wildman–Crippen MR) is 84.9 cm³/mol. The van der Waals surface area contributed by atoms with Crippen LogP contribution in [0.25, 0.3) is 0 Å². The molecule has 1 aromatic rings. The number of nitrogens with one attached hydrogen (secondary N) is 1. The van der Waals surface area contributed by atoms with Crippen LogP contribution in [0.4, 0.5) is 0 Å². The van der Waals surface area contributed by atoms with Crippen LogP contribution >= 0.6 is 0 Å². The maximum absolute atomic E-state index is 6.08. The number of likely N-dealkylation sites (tertiary alicyclic amines) is 1. The molecule has 3 aliphatic rings. The molecule has 1 aromatic carbocycles. The van der Waals surface area contributed by atoms with Crippen molar-refractivity contribution in [3.8, 4) is 0 Å². The standard InChI is InChI=1S/C18H22N2O2/c1-2-11-20(10-1)12-14-5-7-15(8-6-14)17-13-21-16-4-3-9-19-18(16)22-17/h3-9,17-19H,1-2,10-13H2. The third kappa shape index (κ3) is 2.89. The Bertz CT molecular complexity index is 573. The SMILES string of the molecule is C1=CNC2OC(c3ccc(CN4CCCC4)cc3)COC2=C1. The molecular formula is C18H22N2O2. The largest absolute Gasteiger partial charge is 0.490 e. The van der Waals surface area contributed by atoms with Crippen LogP contribution in [0.5, 0.6) is 0 Å². The van der Waals surface area contributed by atoms with Crippen molar-refractivity contribution in [2.45, 2.75) is 31.7 Å². The topological polar surface area (TPSA) is 33.7 Å². The Hall–Kier alpha value is -1.78. The molecule has 4 heteroatoms. The highest BCUT2D eigenvalue weighted by molar-refractivity contribution is 5.26. The van der Waals surface area contributed by atoms with Gasteiger partial charge in [0.2, 0.25) is 0 Å². The molecule has 0 saturated carbocycles. The molecule has 3 heterocycles. The highest BCUT2D eigenvalue weighted by Crippen LogP contribution is 2.29. The van der Waals surface area contributed by atoms with Crippen LogP contribution in [0.2, 0.25) is 0 Å². The van der Waals surface area contributed by atoms with E-state index in [9.17, 15) is 0 Å². The maximum Gasteiger partial charge on any atom is 0.186 e. The van der Waals surface area contributed by atoms with Crippen molar-refractivity contribution in [1.29, 1.82) is 0 Å². The summed E-state index contributed by atoms with van der Waals surface area (Å²) in [6, 6.07) is 8.78. The second kappa shape index (κ2) is 6.15. The zero-order chi connectivity index (χ0) is 14.8. The van der Waals surface area contributed by atoms with E-state index in [2.05, 4.69) is 34.5 Å². The third-order valence-corrected chi connectivity index (χ3v) is 4.52. The van der Waals surface area contributed by atoms with Crippen molar-refractivity contribution < 1.29 is 9.47 Å². The van der Waals surface area contributed by atoms with E-state index in [0.29, 0.717) is 6.61 Å². The highest BCUT2D eigenvalue weighted by Gasteiger charge is 2.29. The Labute approximate surface area is 131 Å². The van der Waals surface area contributed by atoms with Crippen molar-refractivity contribution in [2.75, 3.05) is 19.7 Å². The zero-order valence-electron chi connectivity index (χ0n) is 12.7. The van der Waals surface area contributed by atoms with Crippen molar-refractivity contribution in [1.82, 2.24) is 10.2 Å². The van der Waals surface area contributed by atoms with Crippen LogP contribution in [0.3, 0.4) is 0 Å². The lowest BCUT2D eigenvalue weighted by Crippen LogP contribution is -2.39. The number of hydrogen-bond acceptors (Lipinski definition) is 4. The lowest BCUT2D eigenvalue weighted by atomic mass is 10.1. The number of allylic oxidation sites excluding steroid dienone is 2. The molecule has 0 amide bonds. The number of fused-ring (bicyclic) bond motifs is 1. The molecule has 0 aromatic heterocycles. The third-order valence-electron chi connectivity index (χ3n) is 4.52. The predicted octanol–water partition coefficient (Wildman–Crippen LogP) is 2.70. The Balaban J connectivity index is 1.40. The van der Waals surface area contributed by atoms with E-state index < -0.39 is 0 Å². The molecule has 0 aliphatic carbocycles. The number of ether oxygens (including phenoxy) is 2. The summed E-state index contributed by atoms with van der Waals surface area (Å²) < 4.78 is 11.9. The van der Waals surface area contributed by atoms with Gasteiger partial charge in [0.15, 0.2) is 6.23 Å². The number of rotatable bonds is 3. The first-order valence-corrected chi connectivity index (χ1v) is 8.11. The van der Waals surface area contributed by atoms with Gasteiger partial charge in [0.05, 0.1) is 0 Å². The fourth-order valence-electron chi connectivity index (χ4n) is 3.27. The molecule has 0 radical (unpaired) electrons. The number of dihydropyridines is 1. The highest BCUT2D eigenvalue weighted by atomic mass is 16.6. The molecule has 0 spiro atoms. The van der Waals surface area contributed by atoms with Crippen LogP contribution in [0.15, 0.2) is 48.4 Å². The summed E-state index contributed by atoms with van der Waals surface area (Å²) in [5.41, 5.74) is 2.56. The molecule has 2 fully saturated rings. The van der Waals surface area contributed by atoms with Crippen molar-refractivity contribution in [3.63, 3.8) is 0 Å². The Kier molecular flexibility index (Phi) is 3.87. The monoisotopic (exact) mass is 298 g/mol. The molecule has 3 aliphatic heterocycles. The number of benzene rings is 1. The van der Waals surface area contributed by atoms with Gasteiger partial charge in [-0.1, -0.05) is 24.3 Å². The first-order chi connectivity index (χ1) is 10.9. The molecule has 116 valence electrons. The van der Waals surface area contributed by atoms with Crippen molar-refractivity contribution >= 4 is 0 Å². The van der Waals surface area contributed by atoms with Gasteiger partial charge >= 0.3 is 0 Å². The Morgan fingerprint density at radius 3 is 2.77 bits per heavy atom. The van der Waals surface area contributed by atoms with E-state index in [1.54, 1.807) is 0 Å². The van der Waals surface area contributed by atoms with Gasteiger partial charge in [0, 0.05) is 6.54 Å². The smallest absolute Gasteiger partial charge is 0.186 e. The minimum Gasteiger partial charge on any atom is -0.490 e. The summed E-state index contributed by atoms with van der Waals surface area (Å²) in [4.78, 5) is 2.52. The molecule has 4 nitrogen and oxygen atoms in total. The van der Waals surface area contributed by atoms with Gasteiger partial charge in [-0.2, -0.15) is 0 Å². The van der Waals surface area contributed by atoms with Crippen LogP contribution in [-0.2, 0) is 16.0 Å². The summed E-state index contributed by atoms with van der Waals surface area (Å²) in [6.45, 7) is 4.10. The number of hydrogen-bond donors (Lipinski definition) is 1. The molecule has 2 unspecified atom stereocenters. The molecule has 2 saturated heterocycles. The van der Waals surface area contributed by atoms with E-state index in [1.807, 2.05) is 18.4 Å². The minimum atomic E-state index is -0.159. The van der Waals surface area contributed by atoms with Gasteiger partial charge in [-0.15, -0.1) is 0 Å². The van der Waals surface area contributed by atoms with Gasteiger partial charge in [-0.25, -0.2) is 0 Å². The normalized spacial score (nSPS) is 27.7. The molecule has 2 atom stereocenters. The van der Waals surface area contributed by atoms with Crippen LogP contribution in [0, 0.1) is 0 Å². The van der Waals surface area contributed by atoms with E-state index in [1.165, 1.54) is 37.1 Å². The summed E-state index contributed by atoms with van der Waals surface area (Å²) in [7, 11) is 0. The van der Waals surface area contributed by atoms with Crippen LogP contribution in [-0.4, -0.2) is 30.8 Å². The summed E-state index contributed by atoms with van der Waals surface area (Å²) in [6.07, 6.45) is 8.28. The fraction of sp³-hybridized carbons (Fsp3) is 0.444. The Morgan fingerprint density at radius 2 is 1.95 bits per heavy atom. The second-order valence-electron chi connectivity index (χ2n) is 6.14. The van der Waals surface area contributed by atoms with Gasteiger partial charge in [-0.3, -0.25) is 4.90 Å². The lowest BCUT2D eigenvalue weighted by molar-refractivity contribution is -0.109. The lowest BCUT2D eigenvalue weighted by Gasteiger charge is -2.34. The fourth-order valence-corrected chi connectivity index (χ4v) is 3.27. The summed E-state index contributed by atoms with van der Waals surface area (Å²) >= 11 is 0. The second-order valence-corrected chi connectivity index (χ2v) is 6.14. The van der Waals surface area contributed by atoms with Crippen LogP contribution < -0.4 is 5.32 Å². The van der Waals surface area contributed by atoms with Crippen molar-refractivity contribution in [2.24, 2.45) is 0 Å². The van der Waals surface area contributed by atoms with E-state index >= 15 is 0 Å². The van der Waals surface area contributed by atoms with E-state index in [0.717, 1.165) is 12.3 Å². The molecular weight excluding hydrogens is 276 g/mol. The average Bonchev–Trinajstić information content (AvgIpc) is 3.08. The summed E-state index contributed by atoms with van der Waals surface area (Å²) in [5, 5.41) is 3.18. The van der Waals surface area contributed by atoms with Gasteiger partial charge in [0.1, 0.15) is 18.5 Å². The molecule has 4 rings (SSSR count). The Morgan fingerprint density at radius 1 is 1.14 bits per heavy atom. The quantitative estimate of drug-likeness (QED) is 0.930. The van der Waals surface area contributed by atoms with Gasteiger partial charge < -0.3 is 14.8 Å². The molecule has 1 N–H and O–H groups in total.